The van der Waals surface area contributed by atoms with Gasteiger partial charge in [0.1, 0.15) is 17.8 Å². The summed E-state index contributed by atoms with van der Waals surface area (Å²) >= 11 is 3.32. The van der Waals surface area contributed by atoms with Gasteiger partial charge in [0, 0.05) is 34.3 Å². The number of aromatic nitrogens is 3. The summed E-state index contributed by atoms with van der Waals surface area (Å²) in [5.41, 5.74) is -0.195. The molecule has 0 spiro atoms. The number of nitro groups is 2. The summed E-state index contributed by atoms with van der Waals surface area (Å²) in [4.78, 5) is 42.1. The maximum atomic E-state index is 12.9. The quantitative estimate of drug-likeness (QED) is 0.204. The summed E-state index contributed by atoms with van der Waals surface area (Å²) in [6.07, 6.45) is 2.25. The van der Waals surface area contributed by atoms with Crippen LogP contribution in [0.15, 0.2) is 69.1 Å². The van der Waals surface area contributed by atoms with E-state index < -0.39 is 15.4 Å². The molecule has 2 aromatic carbocycles. The van der Waals surface area contributed by atoms with Crippen LogP contribution in [0.3, 0.4) is 0 Å². The molecule has 13 heteroatoms. The number of pyridine rings is 1. The van der Waals surface area contributed by atoms with Crippen molar-refractivity contribution in [3.8, 4) is 11.6 Å². The molecule has 0 aliphatic heterocycles. The number of hydrogen-bond donors (Lipinski definition) is 0. The molecule has 12 nitrogen and oxygen atoms in total. The molecule has 0 radical (unpaired) electrons. The number of ether oxygens (including phenoxy) is 1. The molecule has 4 aromatic rings. The van der Waals surface area contributed by atoms with Crippen LogP contribution < -0.4 is 10.3 Å². The number of aryl methyl sites for hydroxylation is 1. The third-order valence-corrected chi connectivity index (χ3v) is 5.13. The van der Waals surface area contributed by atoms with Crippen molar-refractivity contribution in [1.82, 2.24) is 14.6 Å². The van der Waals surface area contributed by atoms with Crippen molar-refractivity contribution in [2.45, 2.75) is 6.92 Å². The molecule has 0 unspecified atom stereocenters. The van der Waals surface area contributed by atoms with Gasteiger partial charge in [0.05, 0.1) is 27.0 Å². The first-order valence-electron chi connectivity index (χ1n) is 9.53. The topological polar surface area (TPSA) is 156 Å². The zero-order valence-electron chi connectivity index (χ0n) is 17.3. The highest BCUT2D eigenvalue weighted by Crippen LogP contribution is 2.27. The van der Waals surface area contributed by atoms with Gasteiger partial charge in [-0.3, -0.25) is 25.0 Å². The van der Waals surface area contributed by atoms with Crippen molar-refractivity contribution in [1.29, 1.82) is 0 Å². The zero-order chi connectivity index (χ0) is 24.4. The Hall–Kier alpha value is -4.52. The fraction of sp³-hybridized carbons (Fsp3) is 0.0476. The molecule has 2 aromatic heterocycles. The Labute approximate surface area is 198 Å². The molecule has 0 bridgehead atoms. The van der Waals surface area contributed by atoms with Gasteiger partial charge in [-0.2, -0.15) is 9.78 Å². The second kappa shape index (κ2) is 9.15. The lowest BCUT2D eigenvalue weighted by Crippen LogP contribution is -2.20. The van der Waals surface area contributed by atoms with Crippen LogP contribution in [0.25, 0.3) is 10.9 Å². The van der Waals surface area contributed by atoms with Crippen molar-refractivity contribution < 1.29 is 14.6 Å². The Morgan fingerprint density at radius 1 is 1.06 bits per heavy atom. The second-order valence-electron chi connectivity index (χ2n) is 6.88. The average Bonchev–Trinajstić information content (AvgIpc) is 2.80. The van der Waals surface area contributed by atoms with E-state index in [1.54, 1.807) is 25.1 Å². The van der Waals surface area contributed by atoms with Crippen LogP contribution in [0.2, 0.25) is 0 Å². The zero-order valence-corrected chi connectivity index (χ0v) is 18.9. The third kappa shape index (κ3) is 4.63. The molecule has 0 aliphatic carbocycles. The highest BCUT2D eigenvalue weighted by molar-refractivity contribution is 9.10. The second-order valence-corrected chi connectivity index (χ2v) is 7.79. The highest BCUT2D eigenvalue weighted by Gasteiger charge is 2.14. The van der Waals surface area contributed by atoms with Crippen LogP contribution in [-0.2, 0) is 0 Å². The summed E-state index contributed by atoms with van der Waals surface area (Å²) in [5, 5.41) is 26.6. The van der Waals surface area contributed by atoms with E-state index in [-0.39, 0.29) is 28.6 Å². The lowest BCUT2D eigenvalue weighted by Gasteiger charge is -2.09. The maximum Gasteiger partial charge on any atom is 0.287 e. The number of benzene rings is 2. The van der Waals surface area contributed by atoms with Crippen molar-refractivity contribution >= 4 is 44.4 Å². The van der Waals surface area contributed by atoms with Gasteiger partial charge in [0.2, 0.25) is 5.88 Å². The largest absolute Gasteiger partial charge is 0.438 e. The molecule has 0 saturated carbocycles. The predicted octanol–water partition coefficient (Wildman–Crippen LogP) is 4.35. The Kier molecular flexibility index (Phi) is 6.10. The number of nitrogens with zero attached hydrogens (tertiary/aromatic N) is 6. The predicted molar refractivity (Wildman–Crippen MR) is 125 cm³/mol. The van der Waals surface area contributed by atoms with E-state index in [1.165, 1.54) is 36.5 Å². The Morgan fingerprint density at radius 2 is 1.79 bits per heavy atom. The van der Waals surface area contributed by atoms with Gasteiger partial charge in [-0.15, -0.1) is 0 Å². The van der Waals surface area contributed by atoms with E-state index >= 15 is 0 Å². The van der Waals surface area contributed by atoms with E-state index in [2.05, 4.69) is 31.0 Å². The molecule has 0 atom stereocenters. The van der Waals surface area contributed by atoms with Gasteiger partial charge in [0.15, 0.2) is 0 Å². The minimum atomic E-state index is -0.600. The maximum absolute atomic E-state index is 12.9. The molecular formula is C21H13BrN6O6. The first kappa shape index (κ1) is 22.7. The summed E-state index contributed by atoms with van der Waals surface area (Å²) < 4.78 is 7.43. The number of non-ortho nitro benzene ring substituents is 1. The Morgan fingerprint density at radius 3 is 2.47 bits per heavy atom. The number of hydrogen-bond acceptors (Lipinski definition) is 9. The minimum absolute atomic E-state index is 0.0275. The van der Waals surface area contributed by atoms with Gasteiger partial charge in [-0.1, -0.05) is 15.9 Å². The molecule has 34 heavy (non-hydrogen) atoms. The molecule has 4 rings (SSSR count). The van der Waals surface area contributed by atoms with Gasteiger partial charge in [-0.05, 0) is 31.2 Å². The number of rotatable bonds is 6. The van der Waals surface area contributed by atoms with Crippen molar-refractivity contribution in [3.05, 3.63) is 101 Å². The van der Waals surface area contributed by atoms with Crippen LogP contribution in [0.1, 0.15) is 11.4 Å². The lowest BCUT2D eigenvalue weighted by atomic mass is 10.2. The molecule has 0 aliphatic rings. The summed E-state index contributed by atoms with van der Waals surface area (Å²) in [6.45, 7) is 1.60. The number of fused-ring (bicyclic) bond motifs is 1. The number of halogens is 1. The van der Waals surface area contributed by atoms with Crippen LogP contribution >= 0.6 is 15.9 Å². The minimum Gasteiger partial charge on any atom is -0.438 e. The molecule has 2 heterocycles. The van der Waals surface area contributed by atoms with Crippen LogP contribution in [-0.4, -0.2) is 30.7 Å². The van der Waals surface area contributed by atoms with Gasteiger partial charge >= 0.3 is 0 Å². The van der Waals surface area contributed by atoms with E-state index in [1.807, 2.05) is 0 Å². The molecule has 170 valence electrons. The van der Waals surface area contributed by atoms with Crippen molar-refractivity contribution in [3.63, 3.8) is 0 Å². The van der Waals surface area contributed by atoms with Crippen LogP contribution in [0.4, 0.5) is 11.4 Å². The van der Waals surface area contributed by atoms with Gasteiger partial charge in [-0.25, -0.2) is 9.97 Å². The van der Waals surface area contributed by atoms with Gasteiger partial charge in [0.25, 0.3) is 16.9 Å². The first-order chi connectivity index (χ1) is 16.2. The van der Waals surface area contributed by atoms with Crippen LogP contribution in [0.5, 0.6) is 11.6 Å². The average molecular weight is 525 g/mol. The van der Waals surface area contributed by atoms with Crippen molar-refractivity contribution in [2.24, 2.45) is 5.10 Å². The summed E-state index contributed by atoms with van der Waals surface area (Å²) in [6, 6.07) is 11.4. The molecule has 0 fully saturated rings. The monoisotopic (exact) mass is 524 g/mol. The molecule has 0 amide bonds. The number of nitro benzene ring substituents is 1. The SMILES string of the molecule is Cc1nc2ccc(Br)cc2c(=O)n1N=Cc1cc([N+](=O)[O-])ccc1Oc1ccc([N+](=O)[O-])cn1. The van der Waals surface area contributed by atoms with E-state index in [4.69, 9.17) is 4.74 Å². The van der Waals surface area contributed by atoms with E-state index in [0.29, 0.717) is 21.2 Å². The Balaban J connectivity index is 1.76. The third-order valence-electron chi connectivity index (χ3n) is 4.63. The van der Waals surface area contributed by atoms with Crippen molar-refractivity contribution in [2.75, 3.05) is 0 Å². The summed E-state index contributed by atoms with van der Waals surface area (Å²) in [7, 11) is 0. The molecular weight excluding hydrogens is 512 g/mol. The highest BCUT2D eigenvalue weighted by atomic mass is 79.9. The fourth-order valence-electron chi connectivity index (χ4n) is 3.01. The molecule has 0 saturated heterocycles. The van der Waals surface area contributed by atoms with E-state index in [9.17, 15) is 25.0 Å². The normalized spacial score (nSPS) is 11.1. The fourth-order valence-corrected chi connectivity index (χ4v) is 3.37. The molecule has 0 N–H and O–H groups in total. The van der Waals surface area contributed by atoms with E-state index in [0.717, 1.165) is 10.9 Å². The van der Waals surface area contributed by atoms with Crippen LogP contribution in [0, 0.1) is 27.2 Å². The summed E-state index contributed by atoms with van der Waals surface area (Å²) in [5.74, 6) is 0.471. The first-order valence-corrected chi connectivity index (χ1v) is 10.3. The van der Waals surface area contributed by atoms with Gasteiger partial charge < -0.3 is 4.74 Å². The lowest BCUT2D eigenvalue weighted by molar-refractivity contribution is -0.385. The standard InChI is InChI=1S/C21H13BrN6O6/c1-12-25-18-5-2-14(22)9-17(18)21(29)26(12)24-10-13-8-15(27(30)31)3-6-19(13)34-20-7-4-16(11-23-20)28(32)33/h2-11H,1H3. The Bertz CT molecular complexity index is 1530. The smallest absolute Gasteiger partial charge is 0.287 e.